The van der Waals surface area contributed by atoms with E-state index in [1.54, 1.807) is 0 Å². The van der Waals surface area contributed by atoms with Gasteiger partial charge in [-0.25, -0.2) is 4.18 Å². The number of rotatable bonds is 22. The van der Waals surface area contributed by atoms with Crippen LogP contribution in [0.15, 0.2) is 12.2 Å². The van der Waals surface area contributed by atoms with E-state index in [9.17, 15) is 18.3 Å². The third-order valence-electron chi connectivity index (χ3n) is 5.14. The average Bonchev–Trinajstić information content (AvgIpc) is 2.72. The van der Waals surface area contributed by atoms with Crippen molar-refractivity contribution in [1.82, 2.24) is 0 Å². The van der Waals surface area contributed by atoms with Gasteiger partial charge in [-0.2, -0.15) is 8.42 Å². The van der Waals surface area contributed by atoms with Crippen LogP contribution >= 0.6 is 0 Å². The first-order valence-corrected chi connectivity index (χ1v) is 13.7. The molecule has 0 bridgehead atoms. The van der Waals surface area contributed by atoms with Gasteiger partial charge in [-0.15, -0.1) is 0 Å². The van der Waals surface area contributed by atoms with Crippen LogP contribution in [-0.2, 0) is 23.6 Å². The summed E-state index contributed by atoms with van der Waals surface area (Å²) in [5.74, 6) is -0.746. The zero-order valence-corrected chi connectivity index (χ0v) is 20.7. The molecular weight excluding hydrogens is 455 g/mol. The van der Waals surface area contributed by atoms with Gasteiger partial charge in [0.05, 0.1) is 12.7 Å². The van der Waals surface area contributed by atoms with Gasteiger partial charge in [-0.3, -0.25) is 4.79 Å². The SMILES string of the molecule is CCCCCCOS(=O)(=O)OC(=O)CCCCCCC/C=C\C[C@H](O)CCCCCC.[KH]. The van der Waals surface area contributed by atoms with Gasteiger partial charge in [0, 0.05) is 6.42 Å². The first-order chi connectivity index (χ1) is 14.9. The first-order valence-electron chi connectivity index (χ1n) is 12.4. The summed E-state index contributed by atoms with van der Waals surface area (Å²) in [7, 11) is -4.22. The van der Waals surface area contributed by atoms with E-state index in [2.05, 4.69) is 34.4 Å². The molecule has 0 aromatic heterocycles. The molecule has 186 valence electrons. The fourth-order valence-corrected chi connectivity index (χ4v) is 3.91. The standard InChI is InChI=1S/C24H46O6S.K.H/c1-3-5-7-15-19-23(25)20-16-13-11-9-10-12-14-17-21-24(26)30-31(27,28)29-22-18-8-6-4-2;;/h13,16,23,25H,3-12,14-15,17-22H2,1-2H3;;/b16-13-;;/t23-;;/m1../s1. The second-order valence-electron chi connectivity index (χ2n) is 8.26. The Bertz CT molecular complexity index is 551. The van der Waals surface area contributed by atoms with Crippen molar-refractivity contribution in [3.63, 3.8) is 0 Å². The molecule has 0 aliphatic carbocycles. The molecule has 0 amide bonds. The summed E-state index contributed by atoms with van der Waals surface area (Å²) >= 11 is 0. The third-order valence-corrected chi connectivity index (χ3v) is 5.98. The number of unbranched alkanes of at least 4 members (excludes halogenated alkanes) is 11. The van der Waals surface area contributed by atoms with Crippen LogP contribution in [0.2, 0.25) is 0 Å². The first kappa shape index (κ1) is 34.9. The Morgan fingerprint density at radius 1 is 0.844 bits per heavy atom. The molecule has 0 aliphatic rings. The topological polar surface area (TPSA) is 89.9 Å². The van der Waals surface area contributed by atoms with Crippen molar-refractivity contribution in [2.45, 2.75) is 129 Å². The predicted molar refractivity (Wildman–Crippen MR) is 133 cm³/mol. The molecule has 32 heavy (non-hydrogen) atoms. The second-order valence-corrected chi connectivity index (χ2v) is 9.48. The number of hydrogen-bond acceptors (Lipinski definition) is 6. The number of allylic oxidation sites excluding steroid dienone is 1. The van der Waals surface area contributed by atoms with Crippen molar-refractivity contribution in [2.24, 2.45) is 0 Å². The predicted octanol–water partition coefficient (Wildman–Crippen LogP) is 5.73. The number of aliphatic hydroxyl groups excluding tert-OH is 1. The molecule has 0 aromatic rings. The van der Waals surface area contributed by atoms with Crippen LogP contribution in [0.3, 0.4) is 0 Å². The maximum absolute atomic E-state index is 11.6. The Balaban J connectivity index is 0. The van der Waals surface area contributed by atoms with E-state index in [4.69, 9.17) is 0 Å². The van der Waals surface area contributed by atoms with E-state index < -0.39 is 16.4 Å². The van der Waals surface area contributed by atoms with Crippen LogP contribution in [-0.4, -0.2) is 83.6 Å². The molecule has 1 N–H and O–H groups in total. The summed E-state index contributed by atoms with van der Waals surface area (Å²) in [6, 6.07) is 0. The van der Waals surface area contributed by atoms with Gasteiger partial charge in [0.1, 0.15) is 0 Å². The molecule has 8 heteroatoms. The summed E-state index contributed by atoms with van der Waals surface area (Å²) < 4.78 is 32.3. The van der Waals surface area contributed by atoms with E-state index in [0.717, 1.165) is 70.6 Å². The number of carbonyl (C=O) groups is 1. The Labute approximate surface area is 240 Å². The molecule has 0 unspecified atom stereocenters. The molecule has 1 atom stereocenters. The number of hydrogen-bond donors (Lipinski definition) is 1. The maximum atomic E-state index is 11.6. The van der Waals surface area contributed by atoms with Gasteiger partial charge in [-0.05, 0) is 38.5 Å². The van der Waals surface area contributed by atoms with Gasteiger partial charge in [0.15, 0.2) is 0 Å². The van der Waals surface area contributed by atoms with Crippen LogP contribution in [0.5, 0.6) is 0 Å². The van der Waals surface area contributed by atoms with Crippen molar-refractivity contribution in [3.8, 4) is 0 Å². The monoisotopic (exact) mass is 502 g/mol. The quantitative estimate of drug-likeness (QED) is 0.115. The van der Waals surface area contributed by atoms with E-state index >= 15 is 0 Å². The summed E-state index contributed by atoms with van der Waals surface area (Å²) in [5, 5.41) is 9.90. The fourth-order valence-electron chi connectivity index (χ4n) is 3.23. The van der Waals surface area contributed by atoms with Crippen LogP contribution in [0, 0.1) is 0 Å². The molecule has 0 spiro atoms. The number of carbonyl (C=O) groups excluding carboxylic acids is 1. The molecule has 0 saturated carbocycles. The molecule has 0 fully saturated rings. The van der Waals surface area contributed by atoms with Gasteiger partial charge < -0.3 is 9.29 Å². The summed E-state index contributed by atoms with van der Waals surface area (Å²) in [4.78, 5) is 11.6. The minimum absolute atomic E-state index is 0. The third kappa shape index (κ3) is 25.3. The van der Waals surface area contributed by atoms with Crippen LogP contribution < -0.4 is 0 Å². The second kappa shape index (κ2) is 24.8. The van der Waals surface area contributed by atoms with Gasteiger partial charge in [-0.1, -0.05) is 90.2 Å². The van der Waals surface area contributed by atoms with Crippen LogP contribution in [0.1, 0.15) is 123 Å². The van der Waals surface area contributed by atoms with E-state index in [1.807, 2.05) is 0 Å². The Morgan fingerprint density at radius 3 is 2.12 bits per heavy atom. The normalized spacial score (nSPS) is 12.6. The number of aliphatic hydroxyl groups is 1. The molecule has 0 aliphatic heterocycles. The minimum atomic E-state index is -4.22. The van der Waals surface area contributed by atoms with Gasteiger partial charge >= 0.3 is 67.8 Å². The van der Waals surface area contributed by atoms with Gasteiger partial charge in [0.2, 0.25) is 0 Å². The molecule has 0 aromatic carbocycles. The van der Waals surface area contributed by atoms with E-state index in [-0.39, 0.29) is 70.5 Å². The Hall–Kier alpha value is 0.716. The summed E-state index contributed by atoms with van der Waals surface area (Å²) in [6.07, 6.45) is 19.7. The molecule has 0 heterocycles. The Kier molecular flexibility index (Phi) is 27.1. The average molecular weight is 503 g/mol. The van der Waals surface area contributed by atoms with Crippen molar-refractivity contribution < 1.29 is 26.7 Å². The van der Waals surface area contributed by atoms with Crippen LogP contribution in [0.4, 0.5) is 0 Å². The molecular formula is C24H47KO6S. The van der Waals surface area contributed by atoms with Gasteiger partial charge in [0.25, 0.3) is 0 Å². The zero-order valence-electron chi connectivity index (χ0n) is 19.9. The summed E-state index contributed by atoms with van der Waals surface area (Å²) in [5.41, 5.74) is 0. The fraction of sp³-hybridized carbons (Fsp3) is 0.875. The molecule has 0 rings (SSSR count). The molecule has 0 radical (unpaired) electrons. The van der Waals surface area contributed by atoms with Crippen LogP contribution in [0.25, 0.3) is 0 Å². The van der Waals surface area contributed by atoms with Crippen molar-refractivity contribution in [3.05, 3.63) is 12.2 Å². The van der Waals surface area contributed by atoms with E-state index in [0.29, 0.717) is 12.8 Å². The Morgan fingerprint density at radius 2 is 1.44 bits per heavy atom. The summed E-state index contributed by atoms with van der Waals surface area (Å²) in [6.45, 7) is 4.32. The van der Waals surface area contributed by atoms with Crippen molar-refractivity contribution >= 4 is 67.8 Å². The zero-order chi connectivity index (χ0) is 23.2. The molecule has 6 nitrogen and oxygen atoms in total. The van der Waals surface area contributed by atoms with Crippen molar-refractivity contribution in [1.29, 1.82) is 0 Å². The van der Waals surface area contributed by atoms with Crippen molar-refractivity contribution in [2.75, 3.05) is 6.61 Å². The van der Waals surface area contributed by atoms with E-state index in [1.165, 1.54) is 19.3 Å². The molecule has 0 saturated heterocycles.